The van der Waals surface area contributed by atoms with Crippen LogP contribution in [0.5, 0.6) is 0 Å². The van der Waals surface area contributed by atoms with Gasteiger partial charge in [0.25, 0.3) is 0 Å². The fourth-order valence-corrected chi connectivity index (χ4v) is 7.22. The second-order valence-corrected chi connectivity index (χ2v) is 12.1. The van der Waals surface area contributed by atoms with Gasteiger partial charge in [-0.3, -0.25) is 0 Å². The van der Waals surface area contributed by atoms with Crippen LogP contribution in [0, 0.1) is 0 Å². The smallest absolute Gasteiger partial charge is 0.137 e. The number of rotatable bonds is 4. The van der Waals surface area contributed by atoms with Gasteiger partial charge in [0.2, 0.25) is 0 Å². The summed E-state index contributed by atoms with van der Waals surface area (Å²) in [5.74, 6) is 0. The van der Waals surface area contributed by atoms with Crippen LogP contribution in [-0.2, 0) is 0 Å². The van der Waals surface area contributed by atoms with Crippen molar-refractivity contribution in [1.29, 1.82) is 0 Å². The van der Waals surface area contributed by atoms with Crippen molar-refractivity contribution in [3.63, 3.8) is 0 Å². The Balaban J connectivity index is 1.22. The van der Waals surface area contributed by atoms with Gasteiger partial charge in [0.1, 0.15) is 22.3 Å². The molecule has 3 nitrogen and oxygen atoms in total. The molecule has 2 heterocycles. The maximum atomic E-state index is 6.36. The molecule has 0 bridgehead atoms. The first-order valence-corrected chi connectivity index (χ1v) is 15.9. The molecule has 220 valence electrons. The van der Waals surface area contributed by atoms with Crippen molar-refractivity contribution < 1.29 is 8.83 Å². The molecule has 0 aliphatic heterocycles. The predicted molar refractivity (Wildman–Crippen MR) is 196 cm³/mol. The minimum absolute atomic E-state index is 0.868. The van der Waals surface area contributed by atoms with Gasteiger partial charge in [0.05, 0.1) is 0 Å². The molecule has 0 saturated heterocycles. The van der Waals surface area contributed by atoms with Crippen LogP contribution in [0.15, 0.2) is 173 Å². The molecule has 0 amide bonds. The van der Waals surface area contributed by atoms with Crippen LogP contribution < -0.4 is 4.90 Å². The minimum atomic E-state index is 0.868. The van der Waals surface area contributed by atoms with Crippen LogP contribution in [0.1, 0.15) is 0 Å². The van der Waals surface area contributed by atoms with E-state index in [1.54, 1.807) is 0 Å². The summed E-state index contributed by atoms with van der Waals surface area (Å²) < 4.78 is 12.7. The molecule has 2 aromatic heterocycles. The Morgan fingerprint density at radius 2 is 0.894 bits per heavy atom. The normalized spacial score (nSPS) is 11.8. The highest BCUT2D eigenvalue weighted by Gasteiger charge is 2.18. The first-order valence-electron chi connectivity index (χ1n) is 15.9. The highest BCUT2D eigenvalue weighted by atomic mass is 16.3. The third-order valence-electron chi connectivity index (χ3n) is 9.44. The van der Waals surface area contributed by atoms with Crippen LogP contribution in [0.2, 0.25) is 0 Å². The fourth-order valence-electron chi connectivity index (χ4n) is 7.22. The average molecular weight is 602 g/mol. The Hall–Kier alpha value is -6.32. The summed E-state index contributed by atoms with van der Waals surface area (Å²) in [6, 6.07) is 57.9. The number of benzene rings is 8. The van der Waals surface area contributed by atoms with E-state index in [0.717, 1.165) is 60.9 Å². The van der Waals surface area contributed by atoms with E-state index >= 15 is 0 Å². The zero-order valence-corrected chi connectivity index (χ0v) is 25.4. The number of para-hydroxylation sites is 2. The van der Waals surface area contributed by atoms with E-state index in [4.69, 9.17) is 8.83 Å². The lowest BCUT2D eigenvalue weighted by Gasteiger charge is -2.26. The SMILES string of the molecule is c1ccc(-c2ccc(N(c3ccc4c(c3)oc3ccccc34)c3ccc4ccc5ccc6oc7ccccc7c6c5c4c3)cc2)cc1. The molecule has 0 fully saturated rings. The molecule has 47 heavy (non-hydrogen) atoms. The van der Waals surface area contributed by atoms with Crippen LogP contribution in [-0.4, -0.2) is 0 Å². The topological polar surface area (TPSA) is 29.5 Å². The zero-order valence-electron chi connectivity index (χ0n) is 25.4. The molecule has 10 aromatic rings. The summed E-state index contributed by atoms with van der Waals surface area (Å²) in [5, 5.41) is 9.30. The Labute approximate surface area is 270 Å². The van der Waals surface area contributed by atoms with E-state index in [1.807, 2.05) is 24.3 Å². The number of anilines is 3. The van der Waals surface area contributed by atoms with Gasteiger partial charge in [-0.1, -0.05) is 103 Å². The summed E-state index contributed by atoms with van der Waals surface area (Å²) >= 11 is 0. The maximum absolute atomic E-state index is 6.36. The number of nitrogens with zero attached hydrogens (tertiary/aromatic N) is 1. The van der Waals surface area contributed by atoms with E-state index in [1.165, 1.54) is 32.7 Å². The molecule has 0 spiro atoms. The Bertz CT molecular complexity index is 2790. The zero-order chi connectivity index (χ0) is 30.9. The van der Waals surface area contributed by atoms with E-state index in [9.17, 15) is 0 Å². The van der Waals surface area contributed by atoms with Crippen LogP contribution in [0.3, 0.4) is 0 Å². The lowest BCUT2D eigenvalue weighted by Crippen LogP contribution is -2.09. The van der Waals surface area contributed by atoms with Gasteiger partial charge < -0.3 is 13.7 Å². The van der Waals surface area contributed by atoms with Gasteiger partial charge in [0.15, 0.2) is 0 Å². The lowest BCUT2D eigenvalue weighted by atomic mass is 9.96. The van der Waals surface area contributed by atoms with Crippen molar-refractivity contribution in [1.82, 2.24) is 0 Å². The molecule has 0 aliphatic carbocycles. The standard InChI is InChI=1S/C44H27NO2/c1-2-8-28(9-3-1)29-16-20-32(21-17-29)45(34-23-24-36-35-10-4-6-12-39(35)47-42(36)27-34)33-22-18-30-14-15-31-19-25-41-44(43(31)38(30)26-33)37-11-5-7-13-40(37)46-41/h1-27H. The van der Waals surface area contributed by atoms with E-state index in [2.05, 4.69) is 144 Å². The minimum Gasteiger partial charge on any atom is -0.456 e. The Morgan fingerprint density at radius 1 is 0.319 bits per heavy atom. The number of fused-ring (bicyclic) bond motifs is 10. The first kappa shape index (κ1) is 26.0. The summed E-state index contributed by atoms with van der Waals surface area (Å²) in [6.07, 6.45) is 0. The second-order valence-electron chi connectivity index (χ2n) is 12.1. The van der Waals surface area contributed by atoms with Crippen LogP contribution >= 0.6 is 0 Å². The fraction of sp³-hybridized carbons (Fsp3) is 0. The summed E-state index contributed by atoms with van der Waals surface area (Å²) in [7, 11) is 0. The molecule has 0 saturated carbocycles. The van der Waals surface area contributed by atoms with Gasteiger partial charge in [-0.15, -0.1) is 0 Å². The molecular weight excluding hydrogens is 574 g/mol. The van der Waals surface area contributed by atoms with Gasteiger partial charge in [-0.05, 0) is 81.9 Å². The predicted octanol–water partition coefficient (Wildman–Crippen LogP) is 12.9. The molecule has 0 unspecified atom stereocenters. The monoisotopic (exact) mass is 601 g/mol. The molecule has 0 N–H and O–H groups in total. The third-order valence-corrected chi connectivity index (χ3v) is 9.44. The quantitative estimate of drug-likeness (QED) is 0.188. The van der Waals surface area contributed by atoms with Crippen LogP contribution in [0.25, 0.3) is 76.5 Å². The highest BCUT2D eigenvalue weighted by Crippen LogP contribution is 2.43. The molecular formula is C44H27NO2. The number of hydrogen-bond donors (Lipinski definition) is 0. The Morgan fingerprint density at radius 3 is 1.74 bits per heavy atom. The maximum Gasteiger partial charge on any atom is 0.137 e. The highest BCUT2D eigenvalue weighted by molar-refractivity contribution is 6.27. The number of furan rings is 2. The number of hydrogen-bond acceptors (Lipinski definition) is 3. The average Bonchev–Trinajstić information content (AvgIpc) is 3.70. The van der Waals surface area contributed by atoms with Gasteiger partial charge in [-0.2, -0.15) is 0 Å². The summed E-state index contributed by atoms with van der Waals surface area (Å²) in [4.78, 5) is 2.33. The first-order chi connectivity index (χ1) is 23.3. The van der Waals surface area contributed by atoms with Gasteiger partial charge in [0, 0.05) is 50.1 Å². The molecule has 0 radical (unpaired) electrons. The second kappa shape index (κ2) is 10.1. The molecule has 8 aromatic carbocycles. The largest absolute Gasteiger partial charge is 0.456 e. The molecule has 0 aliphatic rings. The van der Waals surface area contributed by atoms with Gasteiger partial charge in [-0.25, -0.2) is 0 Å². The van der Waals surface area contributed by atoms with Gasteiger partial charge >= 0.3 is 0 Å². The van der Waals surface area contributed by atoms with E-state index < -0.39 is 0 Å². The van der Waals surface area contributed by atoms with E-state index in [-0.39, 0.29) is 0 Å². The van der Waals surface area contributed by atoms with Crippen molar-refractivity contribution >= 4 is 82.5 Å². The molecule has 3 heteroatoms. The Kier molecular flexibility index (Phi) is 5.57. The third kappa shape index (κ3) is 4.07. The van der Waals surface area contributed by atoms with Crippen molar-refractivity contribution in [2.24, 2.45) is 0 Å². The summed E-state index contributed by atoms with van der Waals surface area (Å²) in [6.45, 7) is 0. The lowest BCUT2D eigenvalue weighted by molar-refractivity contribution is 0.668. The van der Waals surface area contributed by atoms with Crippen molar-refractivity contribution in [3.05, 3.63) is 164 Å². The summed E-state index contributed by atoms with van der Waals surface area (Å²) in [5.41, 5.74) is 9.12. The van der Waals surface area contributed by atoms with Crippen LogP contribution in [0.4, 0.5) is 17.1 Å². The van der Waals surface area contributed by atoms with Crippen molar-refractivity contribution in [2.75, 3.05) is 4.90 Å². The molecule has 0 atom stereocenters. The van der Waals surface area contributed by atoms with Crippen molar-refractivity contribution in [3.8, 4) is 11.1 Å². The van der Waals surface area contributed by atoms with E-state index in [0.29, 0.717) is 0 Å². The molecule has 10 rings (SSSR count). The van der Waals surface area contributed by atoms with Crippen molar-refractivity contribution in [2.45, 2.75) is 0 Å².